The summed E-state index contributed by atoms with van der Waals surface area (Å²) in [5.41, 5.74) is 1.77. The molecule has 0 aliphatic rings. The van der Waals surface area contributed by atoms with E-state index in [0.717, 1.165) is 17.6 Å². The van der Waals surface area contributed by atoms with E-state index in [0.29, 0.717) is 6.42 Å². The summed E-state index contributed by atoms with van der Waals surface area (Å²) in [6, 6.07) is 0. The standard InChI is InChI=1S/C10H16O/c1-5-9(4)6-7-10(11)8(2)3/h5,10-11H,1-2,4,6-7H2,3H3. The monoisotopic (exact) mass is 152 g/mol. The van der Waals surface area contributed by atoms with Crippen LogP contribution in [0.25, 0.3) is 0 Å². The first-order valence-corrected chi connectivity index (χ1v) is 3.71. The number of rotatable bonds is 5. The first kappa shape index (κ1) is 10.2. The maximum absolute atomic E-state index is 9.30. The highest BCUT2D eigenvalue weighted by molar-refractivity contribution is 5.11. The third-order valence-electron chi connectivity index (χ3n) is 1.60. The van der Waals surface area contributed by atoms with E-state index >= 15 is 0 Å². The van der Waals surface area contributed by atoms with Crippen molar-refractivity contribution < 1.29 is 5.11 Å². The van der Waals surface area contributed by atoms with Gasteiger partial charge in [0.2, 0.25) is 0 Å². The van der Waals surface area contributed by atoms with E-state index in [9.17, 15) is 5.11 Å². The molecule has 0 saturated carbocycles. The maximum atomic E-state index is 9.30. The molecule has 0 rings (SSSR count). The number of aliphatic hydroxyl groups is 1. The predicted molar refractivity (Wildman–Crippen MR) is 49.4 cm³/mol. The van der Waals surface area contributed by atoms with Gasteiger partial charge in [0.25, 0.3) is 0 Å². The third kappa shape index (κ3) is 4.57. The van der Waals surface area contributed by atoms with E-state index in [-0.39, 0.29) is 0 Å². The summed E-state index contributed by atoms with van der Waals surface area (Å²) in [6.45, 7) is 12.8. The van der Waals surface area contributed by atoms with Crippen LogP contribution in [-0.4, -0.2) is 11.2 Å². The first-order valence-electron chi connectivity index (χ1n) is 3.71. The molecule has 0 aliphatic carbocycles. The van der Waals surface area contributed by atoms with Crippen molar-refractivity contribution in [3.63, 3.8) is 0 Å². The van der Waals surface area contributed by atoms with Gasteiger partial charge in [0.15, 0.2) is 0 Å². The molecule has 0 bridgehead atoms. The summed E-state index contributed by atoms with van der Waals surface area (Å²) in [4.78, 5) is 0. The van der Waals surface area contributed by atoms with Gasteiger partial charge in [0.1, 0.15) is 0 Å². The molecule has 0 aromatic heterocycles. The smallest absolute Gasteiger partial charge is 0.0748 e. The summed E-state index contributed by atoms with van der Waals surface area (Å²) in [6.07, 6.45) is 2.80. The minimum atomic E-state index is -0.397. The summed E-state index contributed by atoms with van der Waals surface area (Å²) < 4.78 is 0. The molecule has 0 saturated heterocycles. The van der Waals surface area contributed by atoms with E-state index in [1.54, 1.807) is 6.08 Å². The van der Waals surface area contributed by atoms with Crippen molar-refractivity contribution >= 4 is 0 Å². The zero-order chi connectivity index (χ0) is 8.85. The Bertz CT molecular complexity index is 168. The minimum Gasteiger partial charge on any atom is -0.389 e. The van der Waals surface area contributed by atoms with Crippen LogP contribution in [0.4, 0.5) is 0 Å². The molecule has 0 heterocycles. The Hall–Kier alpha value is -0.820. The normalized spacial score (nSPS) is 12.2. The van der Waals surface area contributed by atoms with Gasteiger partial charge in [-0.2, -0.15) is 0 Å². The van der Waals surface area contributed by atoms with Gasteiger partial charge in [-0.15, -0.1) is 0 Å². The molecule has 1 atom stereocenters. The number of hydrogen-bond donors (Lipinski definition) is 1. The molecule has 0 aromatic carbocycles. The van der Waals surface area contributed by atoms with Crippen molar-refractivity contribution in [2.75, 3.05) is 0 Å². The Morgan fingerprint density at radius 3 is 2.45 bits per heavy atom. The van der Waals surface area contributed by atoms with Crippen LogP contribution in [0.3, 0.4) is 0 Å². The average molecular weight is 152 g/mol. The lowest BCUT2D eigenvalue weighted by Gasteiger charge is -2.08. The van der Waals surface area contributed by atoms with Gasteiger partial charge >= 0.3 is 0 Å². The molecule has 11 heavy (non-hydrogen) atoms. The highest BCUT2D eigenvalue weighted by Gasteiger charge is 2.03. The van der Waals surface area contributed by atoms with Gasteiger partial charge in [-0.05, 0) is 19.8 Å². The zero-order valence-electron chi connectivity index (χ0n) is 7.14. The molecule has 1 N–H and O–H groups in total. The van der Waals surface area contributed by atoms with Crippen LogP contribution >= 0.6 is 0 Å². The van der Waals surface area contributed by atoms with E-state index in [1.807, 2.05) is 6.92 Å². The quantitative estimate of drug-likeness (QED) is 0.474. The second-order valence-corrected chi connectivity index (χ2v) is 2.76. The van der Waals surface area contributed by atoms with Gasteiger partial charge in [-0.1, -0.05) is 37.0 Å². The Labute approximate surface area is 68.7 Å². The second kappa shape index (κ2) is 4.91. The molecule has 0 spiro atoms. The zero-order valence-corrected chi connectivity index (χ0v) is 7.14. The number of aliphatic hydroxyl groups excluding tert-OH is 1. The van der Waals surface area contributed by atoms with Crippen LogP contribution in [-0.2, 0) is 0 Å². The van der Waals surface area contributed by atoms with Crippen molar-refractivity contribution in [1.29, 1.82) is 0 Å². The van der Waals surface area contributed by atoms with E-state index < -0.39 is 6.10 Å². The highest BCUT2D eigenvalue weighted by Crippen LogP contribution is 2.10. The van der Waals surface area contributed by atoms with Crippen LogP contribution in [0, 0.1) is 0 Å². The Morgan fingerprint density at radius 2 is 2.09 bits per heavy atom. The first-order chi connectivity index (χ1) is 5.07. The summed E-state index contributed by atoms with van der Waals surface area (Å²) in [5.74, 6) is 0. The molecule has 0 amide bonds. The summed E-state index contributed by atoms with van der Waals surface area (Å²) in [5, 5.41) is 9.30. The Balaban J connectivity index is 3.62. The summed E-state index contributed by atoms with van der Waals surface area (Å²) >= 11 is 0. The van der Waals surface area contributed by atoms with E-state index in [1.165, 1.54) is 0 Å². The fourth-order valence-electron chi connectivity index (χ4n) is 0.671. The maximum Gasteiger partial charge on any atom is 0.0748 e. The van der Waals surface area contributed by atoms with Gasteiger partial charge < -0.3 is 5.11 Å². The van der Waals surface area contributed by atoms with Crippen LogP contribution in [0.1, 0.15) is 19.8 Å². The van der Waals surface area contributed by atoms with Gasteiger partial charge in [-0.25, -0.2) is 0 Å². The summed E-state index contributed by atoms with van der Waals surface area (Å²) in [7, 11) is 0. The van der Waals surface area contributed by atoms with Crippen LogP contribution in [0.15, 0.2) is 37.0 Å². The molecule has 1 heteroatoms. The Kier molecular flexibility index (Phi) is 4.55. The lowest BCUT2D eigenvalue weighted by atomic mass is 10.0. The predicted octanol–water partition coefficient (Wildman–Crippen LogP) is 2.45. The number of allylic oxidation sites excluding steroid dienone is 2. The van der Waals surface area contributed by atoms with E-state index in [4.69, 9.17) is 0 Å². The van der Waals surface area contributed by atoms with Crippen molar-refractivity contribution in [3.8, 4) is 0 Å². The second-order valence-electron chi connectivity index (χ2n) is 2.76. The van der Waals surface area contributed by atoms with Crippen molar-refractivity contribution in [1.82, 2.24) is 0 Å². The Morgan fingerprint density at radius 1 is 1.55 bits per heavy atom. The van der Waals surface area contributed by atoms with Crippen LogP contribution in [0.5, 0.6) is 0 Å². The minimum absolute atomic E-state index is 0.397. The topological polar surface area (TPSA) is 20.2 Å². The molecule has 1 unspecified atom stereocenters. The molecule has 62 valence electrons. The van der Waals surface area contributed by atoms with E-state index in [2.05, 4.69) is 19.7 Å². The molecule has 0 aromatic rings. The molecular formula is C10H16O. The molecule has 1 nitrogen and oxygen atoms in total. The van der Waals surface area contributed by atoms with Crippen LogP contribution < -0.4 is 0 Å². The van der Waals surface area contributed by atoms with Crippen LogP contribution in [0.2, 0.25) is 0 Å². The van der Waals surface area contributed by atoms with Gasteiger partial charge in [0.05, 0.1) is 6.10 Å². The number of hydrogen-bond acceptors (Lipinski definition) is 1. The molecule has 0 fully saturated rings. The van der Waals surface area contributed by atoms with Crippen molar-refractivity contribution in [2.24, 2.45) is 0 Å². The fraction of sp³-hybridized carbons (Fsp3) is 0.400. The lowest BCUT2D eigenvalue weighted by molar-refractivity contribution is 0.201. The SMILES string of the molecule is C=CC(=C)CCC(O)C(=C)C. The fourth-order valence-corrected chi connectivity index (χ4v) is 0.671. The molecular weight excluding hydrogens is 136 g/mol. The van der Waals surface area contributed by atoms with Gasteiger partial charge in [0, 0.05) is 0 Å². The molecule has 0 aliphatic heterocycles. The highest BCUT2D eigenvalue weighted by atomic mass is 16.3. The molecule has 0 radical (unpaired) electrons. The van der Waals surface area contributed by atoms with Crippen molar-refractivity contribution in [3.05, 3.63) is 37.0 Å². The lowest BCUT2D eigenvalue weighted by Crippen LogP contribution is -2.06. The largest absolute Gasteiger partial charge is 0.389 e. The average Bonchev–Trinajstić information content (AvgIpc) is 1.99. The van der Waals surface area contributed by atoms with Gasteiger partial charge in [-0.3, -0.25) is 0 Å². The third-order valence-corrected chi connectivity index (χ3v) is 1.60. The van der Waals surface area contributed by atoms with Crippen molar-refractivity contribution in [2.45, 2.75) is 25.9 Å².